The van der Waals surface area contributed by atoms with Crippen molar-refractivity contribution in [1.29, 1.82) is 0 Å². The highest BCUT2D eigenvalue weighted by molar-refractivity contribution is 7.54. The van der Waals surface area contributed by atoms with E-state index in [1.807, 2.05) is 19.9 Å². The van der Waals surface area contributed by atoms with E-state index in [2.05, 4.69) is 0 Å². The lowest BCUT2D eigenvalue weighted by atomic mass is 9.97. The van der Waals surface area contributed by atoms with Crippen LogP contribution in [0.15, 0.2) is 30.3 Å². The third-order valence-corrected chi connectivity index (χ3v) is 5.09. The Kier molecular flexibility index (Phi) is 5.27. The first kappa shape index (κ1) is 17.0. The number of benzene rings is 1. The van der Waals surface area contributed by atoms with Gasteiger partial charge in [0, 0.05) is 5.41 Å². The summed E-state index contributed by atoms with van der Waals surface area (Å²) in [5.41, 5.74) is -0.200. The fourth-order valence-electron chi connectivity index (χ4n) is 1.77. The molecule has 0 aliphatic carbocycles. The third kappa shape index (κ3) is 4.57. The lowest BCUT2D eigenvalue weighted by Crippen LogP contribution is -2.33. The summed E-state index contributed by atoms with van der Waals surface area (Å²) >= 11 is 0. The Bertz CT molecular complexity index is 542. The van der Waals surface area contributed by atoms with Gasteiger partial charge in [-0.15, -0.1) is 0 Å². The minimum atomic E-state index is -3.43. The van der Waals surface area contributed by atoms with Crippen molar-refractivity contribution < 1.29 is 27.9 Å². The molecule has 0 bridgehead atoms. The molecule has 0 amide bonds. The standard InChI is InChI=1S/C15H21O6P/c1-12(22(17)19-10-15(2,3)11-20-22)21-14(16)9-18-13-7-5-4-6-8-13/h4-8,12H,9-11H2,1-3H3. The Morgan fingerprint density at radius 2 is 1.86 bits per heavy atom. The van der Waals surface area contributed by atoms with Gasteiger partial charge in [-0.05, 0) is 19.1 Å². The van der Waals surface area contributed by atoms with Gasteiger partial charge in [-0.1, -0.05) is 32.0 Å². The minimum absolute atomic E-state index is 0.200. The van der Waals surface area contributed by atoms with Crippen LogP contribution < -0.4 is 4.74 Å². The molecule has 1 aliphatic rings. The van der Waals surface area contributed by atoms with Crippen molar-refractivity contribution in [2.45, 2.75) is 26.6 Å². The molecule has 0 saturated carbocycles. The average molecular weight is 328 g/mol. The first-order valence-corrected chi connectivity index (χ1v) is 8.68. The van der Waals surface area contributed by atoms with Crippen LogP contribution in [0.5, 0.6) is 5.75 Å². The zero-order valence-electron chi connectivity index (χ0n) is 13.0. The van der Waals surface area contributed by atoms with E-state index in [0.29, 0.717) is 19.0 Å². The summed E-state index contributed by atoms with van der Waals surface area (Å²) in [6, 6.07) is 8.90. The molecule has 22 heavy (non-hydrogen) atoms. The molecule has 0 N–H and O–H groups in total. The Morgan fingerprint density at radius 1 is 1.27 bits per heavy atom. The van der Waals surface area contributed by atoms with E-state index in [4.69, 9.17) is 18.5 Å². The number of para-hydroxylation sites is 1. The molecule has 0 aromatic heterocycles. The third-order valence-electron chi connectivity index (χ3n) is 3.12. The van der Waals surface area contributed by atoms with Crippen LogP contribution in [0.4, 0.5) is 0 Å². The van der Waals surface area contributed by atoms with Crippen molar-refractivity contribution in [2.24, 2.45) is 5.41 Å². The van der Waals surface area contributed by atoms with Gasteiger partial charge in [0.1, 0.15) is 5.75 Å². The average Bonchev–Trinajstić information content (AvgIpc) is 2.49. The lowest BCUT2D eigenvalue weighted by Gasteiger charge is -2.35. The van der Waals surface area contributed by atoms with Gasteiger partial charge < -0.3 is 18.5 Å². The van der Waals surface area contributed by atoms with Crippen molar-refractivity contribution in [3.8, 4) is 5.75 Å². The summed E-state index contributed by atoms with van der Waals surface area (Å²) in [6.45, 7) is 5.72. The van der Waals surface area contributed by atoms with Crippen LogP contribution in [0.3, 0.4) is 0 Å². The maximum absolute atomic E-state index is 12.5. The minimum Gasteiger partial charge on any atom is -0.482 e. The van der Waals surface area contributed by atoms with Crippen LogP contribution in [0.1, 0.15) is 20.8 Å². The molecule has 2 rings (SSSR count). The number of hydrogen-bond donors (Lipinski definition) is 0. The van der Waals surface area contributed by atoms with Gasteiger partial charge in [-0.3, -0.25) is 4.57 Å². The second-order valence-electron chi connectivity index (χ2n) is 5.94. The van der Waals surface area contributed by atoms with E-state index >= 15 is 0 Å². The van der Waals surface area contributed by atoms with E-state index in [-0.39, 0.29) is 12.0 Å². The van der Waals surface area contributed by atoms with Gasteiger partial charge in [0.2, 0.25) is 0 Å². The highest BCUT2D eigenvalue weighted by Crippen LogP contribution is 2.57. The second kappa shape index (κ2) is 6.82. The Balaban J connectivity index is 1.82. The lowest BCUT2D eigenvalue weighted by molar-refractivity contribution is -0.148. The zero-order valence-corrected chi connectivity index (χ0v) is 13.9. The fourth-order valence-corrected chi connectivity index (χ4v) is 3.57. The van der Waals surface area contributed by atoms with Crippen molar-refractivity contribution in [1.82, 2.24) is 0 Å². The summed E-state index contributed by atoms with van der Waals surface area (Å²) in [4.78, 5) is 11.8. The van der Waals surface area contributed by atoms with Gasteiger partial charge in [0.15, 0.2) is 12.5 Å². The van der Waals surface area contributed by atoms with Gasteiger partial charge >= 0.3 is 13.6 Å². The molecule has 1 heterocycles. The van der Waals surface area contributed by atoms with Crippen LogP contribution in [0.2, 0.25) is 0 Å². The number of ether oxygens (including phenoxy) is 2. The Hall–Kier alpha value is -1.36. The predicted octanol–water partition coefficient (Wildman–Crippen LogP) is 3.22. The number of carbonyl (C=O) groups is 1. The topological polar surface area (TPSA) is 71.1 Å². The molecule has 1 fully saturated rings. The summed E-state index contributed by atoms with van der Waals surface area (Å²) in [6.07, 6.45) is 0. The van der Waals surface area contributed by atoms with Crippen LogP contribution in [0.25, 0.3) is 0 Å². The molecular formula is C15H21O6P. The molecule has 7 heteroatoms. The molecule has 1 aliphatic heterocycles. The first-order chi connectivity index (χ1) is 10.3. The number of carbonyl (C=O) groups excluding carboxylic acids is 1. The largest absolute Gasteiger partial charge is 0.482 e. The molecule has 0 radical (unpaired) electrons. The fraction of sp³-hybridized carbons (Fsp3) is 0.533. The van der Waals surface area contributed by atoms with E-state index < -0.39 is 19.4 Å². The maximum Gasteiger partial charge on any atom is 0.370 e. The Morgan fingerprint density at radius 3 is 2.45 bits per heavy atom. The predicted molar refractivity (Wildman–Crippen MR) is 80.8 cm³/mol. The zero-order chi connectivity index (χ0) is 16.2. The summed E-state index contributed by atoms with van der Waals surface area (Å²) in [7, 11) is -3.43. The molecule has 1 saturated heterocycles. The maximum atomic E-state index is 12.5. The van der Waals surface area contributed by atoms with Gasteiger partial charge in [0.25, 0.3) is 0 Å². The van der Waals surface area contributed by atoms with Crippen molar-refractivity contribution in [3.05, 3.63) is 30.3 Å². The summed E-state index contributed by atoms with van der Waals surface area (Å²) in [5, 5.41) is 0. The highest BCUT2D eigenvalue weighted by Gasteiger charge is 2.42. The highest BCUT2D eigenvalue weighted by atomic mass is 31.2. The second-order valence-corrected chi connectivity index (χ2v) is 8.27. The number of esters is 1. The molecule has 1 aromatic rings. The quantitative estimate of drug-likeness (QED) is 0.610. The summed E-state index contributed by atoms with van der Waals surface area (Å²) < 4.78 is 33.5. The molecule has 1 unspecified atom stereocenters. The van der Waals surface area contributed by atoms with Crippen LogP contribution in [-0.2, 0) is 23.1 Å². The van der Waals surface area contributed by atoms with Gasteiger partial charge in [0.05, 0.1) is 13.2 Å². The molecule has 6 nitrogen and oxygen atoms in total. The van der Waals surface area contributed by atoms with Crippen LogP contribution in [0, 0.1) is 5.41 Å². The van der Waals surface area contributed by atoms with E-state index in [0.717, 1.165) is 0 Å². The van der Waals surface area contributed by atoms with Crippen LogP contribution >= 0.6 is 7.60 Å². The normalized spacial score (nSPS) is 20.9. The monoisotopic (exact) mass is 328 g/mol. The van der Waals surface area contributed by atoms with Crippen LogP contribution in [-0.4, -0.2) is 31.6 Å². The van der Waals surface area contributed by atoms with E-state index in [9.17, 15) is 9.36 Å². The SMILES string of the molecule is CC(OC(=O)COc1ccccc1)P1(=O)OCC(C)(C)CO1. The molecule has 122 valence electrons. The van der Waals surface area contributed by atoms with Gasteiger partial charge in [-0.2, -0.15) is 0 Å². The van der Waals surface area contributed by atoms with Crippen molar-refractivity contribution >= 4 is 13.6 Å². The number of hydrogen-bond acceptors (Lipinski definition) is 6. The van der Waals surface area contributed by atoms with Gasteiger partial charge in [-0.25, -0.2) is 4.79 Å². The molecule has 1 atom stereocenters. The van der Waals surface area contributed by atoms with Crippen molar-refractivity contribution in [3.63, 3.8) is 0 Å². The molecule has 0 spiro atoms. The molecular weight excluding hydrogens is 307 g/mol. The van der Waals surface area contributed by atoms with Crippen molar-refractivity contribution in [2.75, 3.05) is 19.8 Å². The first-order valence-electron chi connectivity index (χ1n) is 7.07. The van der Waals surface area contributed by atoms with E-state index in [1.165, 1.54) is 6.92 Å². The smallest absolute Gasteiger partial charge is 0.370 e. The molecule has 1 aromatic carbocycles. The summed E-state index contributed by atoms with van der Waals surface area (Å²) in [5.74, 6) is -1.02. The van der Waals surface area contributed by atoms with E-state index in [1.54, 1.807) is 24.3 Å². The number of rotatable bonds is 5. The Labute approximate surface area is 130 Å².